The maximum Gasteiger partial charge on any atom is 0.210 e. The molecule has 0 saturated carbocycles. The largest absolute Gasteiger partial charge is 0.331 e. The molecule has 0 aliphatic rings. The number of hydrogen-bond acceptors (Lipinski definition) is 3. The van der Waals surface area contributed by atoms with Gasteiger partial charge in [0, 0.05) is 12.6 Å². The summed E-state index contributed by atoms with van der Waals surface area (Å²) >= 11 is 0. The number of nitrogens with one attached hydrogen (secondary N) is 1. The van der Waals surface area contributed by atoms with Crippen LogP contribution in [-0.4, -0.2) is 19.5 Å². The van der Waals surface area contributed by atoms with Crippen molar-refractivity contribution < 1.29 is 0 Å². The van der Waals surface area contributed by atoms with Gasteiger partial charge in [0.2, 0.25) is 5.82 Å². The van der Waals surface area contributed by atoms with Crippen LogP contribution in [-0.2, 0) is 7.05 Å². The average Bonchev–Trinajstić information content (AvgIpc) is 2.95. The van der Waals surface area contributed by atoms with Gasteiger partial charge in [0.05, 0.1) is 22.9 Å². The standard InChI is InChI=1S/C13H11N5/c1-8-16-10-5-9(3-4-12(10)18(8)2)11-7-15-13(6-14)17-11/h3-5,7H,1-2H3,(H,15,17). The summed E-state index contributed by atoms with van der Waals surface area (Å²) in [5.41, 5.74) is 3.85. The molecule has 3 rings (SSSR count). The highest BCUT2D eigenvalue weighted by Gasteiger charge is 2.07. The lowest BCUT2D eigenvalue weighted by Gasteiger charge is -1.99. The first kappa shape index (κ1) is 10.5. The van der Waals surface area contributed by atoms with Crippen LogP contribution in [0.2, 0.25) is 0 Å². The Kier molecular flexibility index (Phi) is 2.17. The molecular formula is C13H11N5. The van der Waals surface area contributed by atoms with Gasteiger partial charge < -0.3 is 9.55 Å². The molecule has 5 heteroatoms. The minimum absolute atomic E-state index is 0.322. The fourth-order valence-electron chi connectivity index (χ4n) is 2.01. The summed E-state index contributed by atoms with van der Waals surface area (Å²) in [5.74, 6) is 1.30. The third-order valence-electron chi connectivity index (χ3n) is 3.10. The molecule has 0 aliphatic carbocycles. The highest BCUT2D eigenvalue weighted by Crippen LogP contribution is 2.23. The van der Waals surface area contributed by atoms with E-state index >= 15 is 0 Å². The maximum atomic E-state index is 8.75. The number of rotatable bonds is 1. The summed E-state index contributed by atoms with van der Waals surface area (Å²) in [5, 5.41) is 8.75. The van der Waals surface area contributed by atoms with Crippen molar-refractivity contribution in [3.05, 3.63) is 36.0 Å². The minimum atomic E-state index is 0.322. The monoisotopic (exact) mass is 237 g/mol. The zero-order valence-corrected chi connectivity index (χ0v) is 10.1. The second kappa shape index (κ2) is 3.70. The van der Waals surface area contributed by atoms with Crippen LogP contribution in [0.1, 0.15) is 11.6 Å². The van der Waals surface area contributed by atoms with Crippen molar-refractivity contribution in [3.8, 4) is 17.3 Å². The van der Waals surface area contributed by atoms with Gasteiger partial charge in [-0.3, -0.25) is 0 Å². The number of H-pyrrole nitrogens is 1. The van der Waals surface area contributed by atoms with Crippen LogP contribution in [0.25, 0.3) is 22.3 Å². The predicted molar refractivity (Wildman–Crippen MR) is 67.7 cm³/mol. The summed E-state index contributed by atoms with van der Waals surface area (Å²) in [6, 6.07) is 8.00. The van der Waals surface area contributed by atoms with E-state index in [0.29, 0.717) is 5.82 Å². The van der Waals surface area contributed by atoms with E-state index in [9.17, 15) is 0 Å². The number of fused-ring (bicyclic) bond motifs is 1. The van der Waals surface area contributed by atoms with E-state index in [1.807, 2.05) is 42.8 Å². The quantitative estimate of drug-likeness (QED) is 0.704. The van der Waals surface area contributed by atoms with Crippen LogP contribution in [0.5, 0.6) is 0 Å². The molecule has 88 valence electrons. The number of imidazole rings is 2. The minimum Gasteiger partial charge on any atom is -0.331 e. The molecule has 2 aromatic heterocycles. The Bertz CT molecular complexity index is 772. The highest BCUT2D eigenvalue weighted by atomic mass is 15.0. The Balaban J connectivity index is 2.16. The van der Waals surface area contributed by atoms with Gasteiger partial charge in [-0.25, -0.2) is 9.97 Å². The van der Waals surface area contributed by atoms with Crippen molar-refractivity contribution in [3.63, 3.8) is 0 Å². The second-order valence-electron chi connectivity index (χ2n) is 4.18. The van der Waals surface area contributed by atoms with Crippen molar-refractivity contribution in [1.29, 1.82) is 5.26 Å². The molecule has 3 aromatic rings. The van der Waals surface area contributed by atoms with Gasteiger partial charge in [-0.05, 0) is 19.1 Å². The lowest BCUT2D eigenvalue weighted by Crippen LogP contribution is -1.89. The summed E-state index contributed by atoms with van der Waals surface area (Å²) in [6.45, 7) is 1.98. The summed E-state index contributed by atoms with van der Waals surface area (Å²) in [7, 11) is 1.99. The fraction of sp³-hybridized carbons (Fsp3) is 0.154. The molecule has 0 unspecified atom stereocenters. The molecule has 1 N–H and O–H groups in total. The van der Waals surface area contributed by atoms with Crippen molar-refractivity contribution in [2.45, 2.75) is 6.92 Å². The third-order valence-corrected chi connectivity index (χ3v) is 3.10. The SMILES string of the molecule is Cc1nc2cc(-c3cnc(C#N)[nH]3)ccc2n1C. The van der Waals surface area contributed by atoms with Gasteiger partial charge >= 0.3 is 0 Å². The van der Waals surface area contributed by atoms with Gasteiger partial charge in [-0.2, -0.15) is 5.26 Å². The van der Waals surface area contributed by atoms with E-state index in [2.05, 4.69) is 15.0 Å². The number of hydrogen-bond donors (Lipinski definition) is 1. The maximum absolute atomic E-state index is 8.75. The molecule has 18 heavy (non-hydrogen) atoms. The van der Waals surface area contributed by atoms with Crippen LogP contribution >= 0.6 is 0 Å². The lowest BCUT2D eigenvalue weighted by molar-refractivity contribution is 0.886. The van der Waals surface area contributed by atoms with E-state index in [1.165, 1.54) is 0 Å². The van der Waals surface area contributed by atoms with Gasteiger partial charge in [0.15, 0.2) is 0 Å². The van der Waals surface area contributed by atoms with Crippen molar-refractivity contribution in [1.82, 2.24) is 19.5 Å². The third kappa shape index (κ3) is 1.47. The van der Waals surface area contributed by atoms with Crippen LogP contribution in [0.4, 0.5) is 0 Å². The number of aryl methyl sites for hydroxylation is 2. The van der Waals surface area contributed by atoms with Crippen LogP contribution in [0.15, 0.2) is 24.4 Å². The van der Waals surface area contributed by atoms with E-state index in [0.717, 1.165) is 28.1 Å². The van der Waals surface area contributed by atoms with Crippen molar-refractivity contribution >= 4 is 11.0 Å². The molecule has 0 atom stereocenters. The first-order valence-corrected chi connectivity index (χ1v) is 5.57. The van der Waals surface area contributed by atoms with Crippen LogP contribution < -0.4 is 0 Å². The Labute approximate surface area is 104 Å². The van der Waals surface area contributed by atoms with E-state index in [-0.39, 0.29) is 0 Å². The number of aromatic nitrogens is 4. The molecule has 0 aliphatic heterocycles. The number of benzene rings is 1. The topological polar surface area (TPSA) is 70.3 Å². The van der Waals surface area contributed by atoms with Crippen LogP contribution in [0.3, 0.4) is 0 Å². The summed E-state index contributed by atoms with van der Waals surface area (Å²) < 4.78 is 2.05. The molecule has 2 heterocycles. The Morgan fingerprint density at radius 3 is 2.94 bits per heavy atom. The highest BCUT2D eigenvalue weighted by molar-refractivity contribution is 5.81. The zero-order chi connectivity index (χ0) is 12.7. The van der Waals surface area contributed by atoms with Crippen molar-refractivity contribution in [2.75, 3.05) is 0 Å². The van der Waals surface area contributed by atoms with E-state index in [1.54, 1.807) is 6.20 Å². The van der Waals surface area contributed by atoms with Gasteiger partial charge in [-0.1, -0.05) is 6.07 Å². The molecular weight excluding hydrogens is 226 g/mol. The average molecular weight is 237 g/mol. The zero-order valence-electron chi connectivity index (χ0n) is 10.1. The van der Waals surface area contributed by atoms with Crippen molar-refractivity contribution in [2.24, 2.45) is 7.05 Å². The summed E-state index contributed by atoms with van der Waals surface area (Å²) in [4.78, 5) is 11.4. The van der Waals surface area contributed by atoms with E-state index in [4.69, 9.17) is 5.26 Å². The smallest absolute Gasteiger partial charge is 0.210 e. The summed E-state index contributed by atoms with van der Waals surface area (Å²) in [6.07, 6.45) is 1.66. The number of nitriles is 1. The fourth-order valence-corrected chi connectivity index (χ4v) is 2.01. The lowest BCUT2D eigenvalue weighted by atomic mass is 10.1. The molecule has 1 aromatic carbocycles. The first-order valence-electron chi connectivity index (χ1n) is 5.57. The van der Waals surface area contributed by atoms with E-state index < -0.39 is 0 Å². The molecule has 0 saturated heterocycles. The number of aromatic amines is 1. The van der Waals surface area contributed by atoms with Crippen LogP contribution in [0, 0.1) is 18.3 Å². The Hall–Kier alpha value is -2.61. The normalized spacial score (nSPS) is 10.7. The predicted octanol–water partition coefficient (Wildman–Crippen LogP) is 2.14. The molecule has 0 spiro atoms. The Morgan fingerprint density at radius 1 is 1.39 bits per heavy atom. The Morgan fingerprint density at radius 2 is 2.22 bits per heavy atom. The number of nitrogens with zero attached hydrogens (tertiary/aromatic N) is 4. The first-order chi connectivity index (χ1) is 8.69. The molecule has 0 bridgehead atoms. The molecule has 0 amide bonds. The van der Waals surface area contributed by atoms with Gasteiger partial charge in [0.1, 0.15) is 11.9 Å². The van der Waals surface area contributed by atoms with Gasteiger partial charge in [-0.15, -0.1) is 0 Å². The van der Waals surface area contributed by atoms with Gasteiger partial charge in [0.25, 0.3) is 0 Å². The molecule has 0 fully saturated rings. The second-order valence-corrected chi connectivity index (χ2v) is 4.18. The molecule has 5 nitrogen and oxygen atoms in total. The molecule has 0 radical (unpaired) electrons.